The number of hydrogen-bond acceptors (Lipinski definition) is 4. The minimum absolute atomic E-state index is 0.302. The molecule has 0 N–H and O–H groups in total. The van der Waals surface area contributed by atoms with Gasteiger partial charge in [-0.2, -0.15) is 0 Å². The molecule has 5 nitrogen and oxygen atoms in total. The quantitative estimate of drug-likeness (QED) is 0.625. The molecule has 1 aliphatic rings. The molecule has 1 fully saturated rings. The van der Waals surface area contributed by atoms with Crippen LogP contribution in [0.1, 0.15) is 18.9 Å². The number of rotatable bonds is 4. The summed E-state index contributed by atoms with van der Waals surface area (Å²) in [7, 11) is 0. The van der Waals surface area contributed by atoms with Gasteiger partial charge in [0.15, 0.2) is 0 Å². The van der Waals surface area contributed by atoms with Gasteiger partial charge in [-0.05, 0) is 12.5 Å². The zero-order valence-electron chi connectivity index (χ0n) is 11.4. The first kappa shape index (κ1) is 14.1. The lowest BCUT2D eigenvalue weighted by molar-refractivity contribution is -0.137. The second-order valence-electron chi connectivity index (χ2n) is 4.39. The Bertz CT molecular complexity index is 510. The van der Waals surface area contributed by atoms with Gasteiger partial charge >= 0.3 is 12.1 Å². The molecule has 0 atom stereocenters. The molecule has 1 aliphatic heterocycles. The highest BCUT2D eigenvalue weighted by Gasteiger charge is 2.23. The van der Waals surface area contributed by atoms with Crippen molar-refractivity contribution in [1.82, 2.24) is 4.90 Å². The highest BCUT2D eigenvalue weighted by atomic mass is 16.6. The van der Waals surface area contributed by atoms with Gasteiger partial charge in [-0.1, -0.05) is 30.3 Å². The van der Waals surface area contributed by atoms with Crippen LogP contribution < -0.4 is 0 Å². The molecule has 0 aliphatic carbocycles. The second kappa shape index (κ2) is 6.75. The molecule has 1 saturated heterocycles. The minimum Gasteiger partial charge on any atom is -0.463 e. The molecule has 0 radical (unpaired) electrons. The molecule has 0 unspecified atom stereocenters. The van der Waals surface area contributed by atoms with E-state index in [0.717, 1.165) is 5.56 Å². The fourth-order valence-electron chi connectivity index (χ4n) is 1.93. The number of ether oxygens (including phenoxy) is 2. The summed E-state index contributed by atoms with van der Waals surface area (Å²) in [4.78, 5) is 24.8. The predicted molar refractivity (Wildman–Crippen MR) is 72.7 cm³/mol. The van der Waals surface area contributed by atoms with Gasteiger partial charge in [0.1, 0.15) is 5.76 Å². The highest BCUT2D eigenvalue weighted by Crippen LogP contribution is 2.17. The van der Waals surface area contributed by atoms with Crippen molar-refractivity contribution in [3.8, 4) is 0 Å². The second-order valence-corrected chi connectivity index (χ2v) is 4.39. The van der Waals surface area contributed by atoms with Crippen LogP contribution in [0.5, 0.6) is 0 Å². The number of hydrogen-bond donors (Lipinski definition) is 0. The molecular formula is C15H17NO4. The van der Waals surface area contributed by atoms with Gasteiger partial charge in [0.2, 0.25) is 0 Å². The summed E-state index contributed by atoms with van der Waals surface area (Å²) in [6.07, 6.45) is 1.31. The van der Waals surface area contributed by atoms with Gasteiger partial charge in [0.05, 0.1) is 12.7 Å². The van der Waals surface area contributed by atoms with Crippen molar-refractivity contribution in [1.29, 1.82) is 0 Å². The number of amides is 1. The Balaban J connectivity index is 1.93. The van der Waals surface area contributed by atoms with Gasteiger partial charge in [-0.25, -0.2) is 9.59 Å². The number of benzene rings is 1. The summed E-state index contributed by atoms with van der Waals surface area (Å²) >= 11 is 0. The highest BCUT2D eigenvalue weighted by molar-refractivity contribution is 5.83. The van der Waals surface area contributed by atoms with Gasteiger partial charge in [0, 0.05) is 19.5 Å². The minimum atomic E-state index is -0.480. The van der Waals surface area contributed by atoms with Crippen LogP contribution in [0.3, 0.4) is 0 Å². The lowest BCUT2D eigenvalue weighted by Crippen LogP contribution is -2.36. The number of esters is 1. The first-order valence-electron chi connectivity index (χ1n) is 6.57. The molecule has 0 saturated carbocycles. The van der Waals surface area contributed by atoms with E-state index >= 15 is 0 Å². The van der Waals surface area contributed by atoms with Gasteiger partial charge in [0.25, 0.3) is 0 Å². The Hall–Kier alpha value is -2.30. The van der Waals surface area contributed by atoms with E-state index in [9.17, 15) is 9.59 Å². The van der Waals surface area contributed by atoms with Crippen molar-refractivity contribution in [2.75, 3.05) is 13.2 Å². The van der Waals surface area contributed by atoms with Crippen molar-refractivity contribution >= 4 is 12.1 Å². The van der Waals surface area contributed by atoms with Crippen molar-refractivity contribution in [2.24, 2.45) is 0 Å². The van der Waals surface area contributed by atoms with Crippen LogP contribution in [-0.2, 0) is 20.8 Å². The first-order valence-corrected chi connectivity index (χ1v) is 6.57. The molecule has 0 bridgehead atoms. The Morgan fingerprint density at radius 3 is 2.80 bits per heavy atom. The van der Waals surface area contributed by atoms with Gasteiger partial charge in [-0.3, -0.25) is 0 Å². The Kier molecular flexibility index (Phi) is 4.76. The Morgan fingerprint density at radius 2 is 2.15 bits per heavy atom. The Labute approximate surface area is 117 Å². The third kappa shape index (κ3) is 3.85. The normalized spacial score (nSPS) is 16.9. The van der Waals surface area contributed by atoms with Crippen LogP contribution in [0, 0.1) is 0 Å². The zero-order chi connectivity index (χ0) is 14.4. The number of carbonyl (C=O) groups excluding carboxylic acids is 2. The van der Waals surface area contributed by atoms with Crippen molar-refractivity contribution in [3.63, 3.8) is 0 Å². The van der Waals surface area contributed by atoms with Gasteiger partial charge in [-0.15, -0.1) is 0 Å². The fourth-order valence-corrected chi connectivity index (χ4v) is 1.93. The molecular weight excluding hydrogens is 258 g/mol. The van der Waals surface area contributed by atoms with E-state index in [1.165, 1.54) is 6.08 Å². The van der Waals surface area contributed by atoms with E-state index in [4.69, 9.17) is 9.47 Å². The molecule has 2 rings (SSSR count). The number of carbonyl (C=O) groups is 2. The van der Waals surface area contributed by atoms with E-state index in [-0.39, 0.29) is 0 Å². The van der Waals surface area contributed by atoms with E-state index in [2.05, 4.69) is 0 Å². The maximum atomic E-state index is 11.9. The van der Waals surface area contributed by atoms with E-state index in [1.54, 1.807) is 11.8 Å². The SMILES string of the molecule is CCOC(=O)/C=C1/CCN(Cc2ccccc2)C(=O)O1. The molecule has 1 heterocycles. The molecule has 1 aromatic rings. The van der Waals surface area contributed by atoms with Crippen molar-refractivity contribution in [2.45, 2.75) is 19.9 Å². The lowest BCUT2D eigenvalue weighted by Gasteiger charge is -2.27. The van der Waals surface area contributed by atoms with Crippen LogP contribution in [-0.4, -0.2) is 30.1 Å². The smallest absolute Gasteiger partial charge is 0.415 e. The molecule has 0 aromatic heterocycles. The average Bonchev–Trinajstić information content (AvgIpc) is 2.43. The average molecular weight is 275 g/mol. The molecule has 106 valence electrons. The summed E-state index contributed by atoms with van der Waals surface area (Å²) < 4.78 is 9.92. The van der Waals surface area contributed by atoms with Gasteiger partial charge < -0.3 is 14.4 Å². The van der Waals surface area contributed by atoms with Crippen LogP contribution in [0.4, 0.5) is 4.79 Å². The summed E-state index contributed by atoms with van der Waals surface area (Å²) in [5, 5.41) is 0. The topological polar surface area (TPSA) is 55.8 Å². The summed E-state index contributed by atoms with van der Waals surface area (Å²) in [6.45, 7) is 3.06. The van der Waals surface area contributed by atoms with E-state index in [1.807, 2.05) is 30.3 Å². The zero-order valence-corrected chi connectivity index (χ0v) is 11.4. The summed E-state index contributed by atoms with van der Waals surface area (Å²) in [6, 6.07) is 9.69. The maximum absolute atomic E-state index is 11.9. The van der Waals surface area contributed by atoms with Crippen LogP contribution in [0.15, 0.2) is 42.2 Å². The first-order chi connectivity index (χ1) is 9.69. The summed E-state index contributed by atoms with van der Waals surface area (Å²) in [5.41, 5.74) is 1.04. The molecule has 1 aromatic carbocycles. The molecule has 0 spiro atoms. The van der Waals surface area contributed by atoms with Crippen LogP contribution >= 0.6 is 0 Å². The monoisotopic (exact) mass is 275 g/mol. The largest absolute Gasteiger partial charge is 0.463 e. The van der Waals surface area contributed by atoms with Crippen LogP contribution in [0.2, 0.25) is 0 Å². The Morgan fingerprint density at radius 1 is 1.40 bits per heavy atom. The van der Waals surface area contributed by atoms with Crippen LogP contribution in [0.25, 0.3) is 0 Å². The third-order valence-electron chi connectivity index (χ3n) is 2.89. The molecule has 20 heavy (non-hydrogen) atoms. The third-order valence-corrected chi connectivity index (χ3v) is 2.89. The van der Waals surface area contributed by atoms with Crippen molar-refractivity contribution in [3.05, 3.63) is 47.7 Å². The molecule has 1 amide bonds. The lowest BCUT2D eigenvalue weighted by atomic mass is 10.2. The number of cyclic esters (lactones) is 1. The molecule has 5 heteroatoms. The maximum Gasteiger partial charge on any atom is 0.415 e. The standard InChI is InChI=1S/C15H17NO4/c1-2-19-14(17)10-13-8-9-16(15(18)20-13)11-12-6-4-3-5-7-12/h3-7,10H,2,8-9,11H2,1H3/b13-10-. The predicted octanol–water partition coefficient (Wildman–Crippen LogP) is 2.48. The van der Waals surface area contributed by atoms with E-state index in [0.29, 0.717) is 31.9 Å². The summed E-state index contributed by atoms with van der Waals surface area (Å²) in [5.74, 6) is -0.121. The fraction of sp³-hybridized carbons (Fsp3) is 0.333. The van der Waals surface area contributed by atoms with E-state index < -0.39 is 12.1 Å². The number of nitrogens with zero attached hydrogens (tertiary/aromatic N) is 1. The van der Waals surface area contributed by atoms with Crippen molar-refractivity contribution < 1.29 is 19.1 Å².